The Morgan fingerprint density at radius 1 is 1.24 bits per heavy atom. The molecule has 0 fully saturated rings. The highest BCUT2D eigenvalue weighted by molar-refractivity contribution is 5.43. The fourth-order valence-corrected chi connectivity index (χ4v) is 1.99. The van der Waals surface area contributed by atoms with Crippen LogP contribution in [0.15, 0.2) is 12.1 Å². The zero-order valence-corrected chi connectivity index (χ0v) is 11.6. The maximum Gasteiger partial charge on any atom is 0.124 e. The van der Waals surface area contributed by atoms with E-state index in [1.165, 1.54) is 16.7 Å². The number of nitrogens with one attached hydrogen (secondary N) is 1. The van der Waals surface area contributed by atoms with Crippen LogP contribution < -0.4 is 15.8 Å². The van der Waals surface area contributed by atoms with Crippen LogP contribution in [-0.4, -0.2) is 19.2 Å². The van der Waals surface area contributed by atoms with Crippen LogP contribution >= 0.6 is 0 Å². The Labute approximate surface area is 104 Å². The average molecular weight is 236 g/mol. The third-order valence-electron chi connectivity index (χ3n) is 2.63. The molecule has 0 amide bonds. The highest BCUT2D eigenvalue weighted by Crippen LogP contribution is 2.24. The number of ether oxygens (including phenoxy) is 1. The number of aryl methyl sites for hydroxylation is 2. The zero-order valence-electron chi connectivity index (χ0n) is 11.6. The molecule has 0 heterocycles. The topological polar surface area (TPSA) is 47.3 Å². The molecule has 0 spiro atoms. The lowest BCUT2D eigenvalue weighted by Gasteiger charge is -2.19. The van der Waals surface area contributed by atoms with Crippen LogP contribution in [0.2, 0.25) is 0 Å². The van der Waals surface area contributed by atoms with Crippen LogP contribution in [0.1, 0.15) is 30.5 Å². The molecule has 0 aliphatic rings. The predicted molar refractivity (Wildman–Crippen MR) is 72.4 cm³/mol. The number of methoxy groups -OCH3 is 1. The molecule has 0 saturated heterocycles. The van der Waals surface area contributed by atoms with Gasteiger partial charge in [-0.05, 0) is 44.4 Å². The summed E-state index contributed by atoms with van der Waals surface area (Å²) in [6.45, 7) is 9.82. The van der Waals surface area contributed by atoms with Gasteiger partial charge in [0.1, 0.15) is 5.75 Å². The third kappa shape index (κ3) is 4.36. The van der Waals surface area contributed by atoms with Crippen molar-refractivity contribution in [3.8, 4) is 5.75 Å². The largest absolute Gasteiger partial charge is 0.496 e. The normalized spacial score (nSPS) is 11.6. The van der Waals surface area contributed by atoms with Gasteiger partial charge in [-0.3, -0.25) is 0 Å². The second-order valence-electron chi connectivity index (χ2n) is 5.35. The molecule has 0 unspecified atom stereocenters. The molecular formula is C14H24N2O. The van der Waals surface area contributed by atoms with Gasteiger partial charge < -0.3 is 15.8 Å². The van der Waals surface area contributed by atoms with Crippen molar-refractivity contribution >= 4 is 0 Å². The van der Waals surface area contributed by atoms with Gasteiger partial charge >= 0.3 is 0 Å². The fraction of sp³-hybridized carbons (Fsp3) is 0.571. The van der Waals surface area contributed by atoms with E-state index in [9.17, 15) is 0 Å². The smallest absolute Gasteiger partial charge is 0.124 e. The van der Waals surface area contributed by atoms with Crippen molar-refractivity contribution in [2.24, 2.45) is 5.73 Å². The summed E-state index contributed by atoms with van der Waals surface area (Å²) in [7, 11) is 1.71. The summed E-state index contributed by atoms with van der Waals surface area (Å²) in [6, 6.07) is 4.31. The Balaban J connectivity index is 2.67. The first-order chi connectivity index (χ1) is 7.83. The first-order valence-corrected chi connectivity index (χ1v) is 5.97. The van der Waals surface area contributed by atoms with E-state index >= 15 is 0 Å². The lowest BCUT2D eigenvalue weighted by Crippen LogP contribution is -2.42. The molecule has 3 heteroatoms. The molecule has 0 aliphatic carbocycles. The van der Waals surface area contributed by atoms with Crippen LogP contribution in [0.25, 0.3) is 0 Å². The average Bonchev–Trinajstić information content (AvgIpc) is 2.15. The Hall–Kier alpha value is -1.06. The van der Waals surface area contributed by atoms with Gasteiger partial charge in [-0.25, -0.2) is 0 Å². The number of rotatable bonds is 5. The third-order valence-corrected chi connectivity index (χ3v) is 2.63. The van der Waals surface area contributed by atoms with Crippen molar-refractivity contribution < 1.29 is 4.74 Å². The van der Waals surface area contributed by atoms with Crippen molar-refractivity contribution in [2.75, 3.05) is 13.7 Å². The predicted octanol–water partition coefficient (Wildman–Crippen LogP) is 2.14. The van der Waals surface area contributed by atoms with E-state index in [4.69, 9.17) is 10.5 Å². The molecule has 96 valence electrons. The molecule has 3 nitrogen and oxygen atoms in total. The highest BCUT2D eigenvalue weighted by atomic mass is 16.5. The highest BCUT2D eigenvalue weighted by Gasteiger charge is 2.10. The molecule has 0 saturated carbocycles. The van der Waals surface area contributed by atoms with Crippen molar-refractivity contribution in [3.05, 3.63) is 28.8 Å². The maximum atomic E-state index is 5.92. The quantitative estimate of drug-likeness (QED) is 0.823. The van der Waals surface area contributed by atoms with Crippen LogP contribution in [0.4, 0.5) is 0 Å². The van der Waals surface area contributed by atoms with E-state index in [-0.39, 0.29) is 5.54 Å². The fourth-order valence-electron chi connectivity index (χ4n) is 1.99. The maximum absolute atomic E-state index is 5.92. The molecule has 1 rings (SSSR count). The van der Waals surface area contributed by atoms with Gasteiger partial charge in [-0.2, -0.15) is 0 Å². The van der Waals surface area contributed by atoms with Crippen LogP contribution in [-0.2, 0) is 6.54 Å². The summed E-state index contributed by atoms with van der Waals surface area (Å²) in [4.78, 5) is 0. The minimum Gasteiger partial charge on any atom is -0.496 e. The zero-order chi connectivity index (χ0) is 13.1. The van der Waals surface area contributed by atoms with Gasteiger partial charge in [0.15, 0.2) is 0 Å². The van der Waals surface area contributed by atoms with Gasteiger partial charge in [0, 0.05) is 18.6 Å². The molecular weight excluding hydrogens is 212 g/mol. The molecule has 0 bridgehead atoms. The van der Waals surface area contributed by atoms with Gasteiger partial charge in [-0.1, -0.05) is 12.1 Å². The van der Waals surface area contributed by atoms with E-state index < -0.39 is 0 Å². The van der Waals surface area contributed by atoms with Crippen LogP contribution in [0.5, 0.6) is 5.75 Å². The lowest BCUT2D eigenvalue weighted by atomic mass is 10.0. The van der Waals surface area contributed by atoms with Gasteiger partial charge in [-0.15, -0.1) is 0 Å². The molecule has 0 atom stereocenters. The van der Waals surface area contributed by atoms with Crippen LogP contribution in [0, 0.1) is 13.8 Å². The SMILES string of the molecule is COc1c(C)cc(CNCC(C)(C)N)cc1C. The minimum atomic E-state index is -0.170. The standard InChI is InChI=1S/C14H24N2O/c1-10-6-12(7-11(2)13(10)17-5)8-16-9-14(3,4)15/h6-7,16H,8-9,15H2,1-5H3. The van der Waals surface area contributed by atoms with Crippen molar-refractivity contribution in [1.29, 1.82) is 0 Å². The number of hydrogen-bond donors (Lipinski definition) is 2. The number of benzene rings is 1. The molecule has 17 heavy (non-hydrogen) atoms. The summed E-state index contributed by atoms with van der Waals surface area (Å²) in [5, 5.41) is 3.37. The molecule has 0 aliphatic heterocycles. The van der Waals surface area contributed by atoms with E-state index in [0.29, 0.717) is 0 Å². The van der Waals surface area contributed by atoms with E-state index in [1.54, 1.807) is 7.11 Å². The summed E-state index contributed by atoms with van der Waals surface area (Å²) < 4.78 is 5.35. The summed E-state index contributed by atoms with van der Waals surface area (Å²) in [5.74, 6) is 0.980. The lowest BCUT2D eigenvalue weighted by molar-refractivity contribution is 0.408. The minimum absolute atomic E-state index is 0.170. The van der Waals surface area contributed by atoms with Crippen molar-refractivity contribution in [2.45, 2.75) is 39.8 Å². The monoisotopic (exact) mass is 236 g/mol. The van der Waals surface area contributed by atoms with Gasteiger partial charge in [0.25, 0.3) is 0 Å². The van der Waals surface area contributed by atoms with Gasteiger partial charge in [0.2, 0.25) is 0 Å². The Bertz CT molecular complexity index is 357. The molecule has 0 aromatic heterocycles. The van der Waals surface area contributed by atoms with Crippen molar-refractivity contribution in [3.63, 3.8) is 0 Å². The molecule has 0 radical (unpaired) electrons. The number of nitrogens with two attached hydrogens (primary N) is 1. The Morgan fingerprint density at radius 2 is 1.76 bits per heavy atom. The van der Waals surface area contributed by atoms with E-state index in [0.717, 1.165) is 18.8 Å². The molecule has 1 aromatic rings. The summed E-state index contributed by atoms with van der Waals surface area (Å²) in [5.41, 5.74) is 9.38. The van der Waals surface area contributed by atoms with E-state index in [2.05, 4.69) is 31.3 Å². The summed E-state index contributed by atoms with van der Waals surface area (Å²) >= 11 is 0. The Kier molecular flexibility index (Phi) is 4.54. The number of hydrogen-bond acceptors (Lipinski definition) is 3. The van der Waals surface area contributed by atoms with Crippen LogP contribution in [0.3, 0.4) is 0 Å². The molecule has 1 aromatic carbocycles. The van der Waals surface area contributed by atoms with Crippen molar-refractivity contribution in [1.82, 2.24) is 5.32 Å². The Morgan fingerprint density at radius 3 is 2.18 bits per heavy atom. The molecule has 3 N–H and O–H groups in total. The second kappa shape index (κ2) is 5.52. The summed E-state index contributed by atoms with van der Waals surface area (Å²) in [6.07, 6.45) is 0. The van der Waals surface area contributed by atoms with Gasteiger partial charge in [0.05, 0.1) is 7.11 Å². The van der Waals surface area contributed by atoms with E-state index in [1.807, 2.05) is 13.8 Å². The second-order valence-corrected chi connectivity index (χ2v) is 5.35. The first kappa shape index (κ1) is 14.0. The first-order valence-electron chi connectivity index (χ1n) is 5.97.